The van der Waals surface area contributed by atoms with Crippen LogP contribution in [0.1, 0.15) is 77.6 Å². The van der Waals surface area contributed by atoms with Crippen LogP contribution in [0.4, 0.5) is 0 Å². The first kappa shape index (κ1) is 17.4. The van der Waals surface area contributed by atoms with Gasteiger partial charge in [-0.05, 0) is 13.0 Å². The molecule has 0 heterocycles. The van der Waals surface area contributed by atoms with Crippen LogP contribution in [0.15, 0.2) is 0 Å². The van der Waals surface area contributed by atoms with Crippen LogP contribution in [0.3, 0.4) is 0 Å². The molecule has 0 saturated carbocycles. The second-order valence-electron chi connectivity index (χ2n) is 5.11. The van der Waals surface area contributed by atoms with Gasteiger partial charge >= 0.3 is 5.97 Å². The summed E-state index contributed by atoms with van der Waals surface area (Å²) < 4.78 is 0. The second kappa shape index (κ2) is 14.5. The van der Waals surface area contributed by atoms with Crippen LogP contribution in [0.25, 0.3) is 0 Å². The van der Waals surface area contributed by atoms with Gasteiger partial charge in [-0.15, -0.1) is 0 Å². The first-order chi connectivity index (χ1) is 8.77. The van der Waals surface area contributed by atoms with Crippen molar-refractivity contribution in [2.45, 2.75) is 77.6 Å². The molecule has 3 nitrogen and oxygen atoms in total. The Morgan fingerprint density at radius 2 is 1.28 bits per heavy atom. The fourth-order valence-electron chi connectivity index (χ4n) is 2.11. The predicted octanol–water partition coefficient (Wildman–Crippen LogP) is 3.97. The second-order valence-corrected chi connectivity index (χ2v) is 5.11. The van der Waals surface area contributed by atoms with Crippen molar-refractivity contribution in [3.63, 3.8) is 0 Å². The van der Waals surface area contributed by atoms with Gasteiger partial charge in [-0.3, -0.25) is 4.79 Å². The van der Waals surface area contributed by atoms with Crippen molar-refractivity contribution < 1.29 is 9.90 Å². The molecule has 108 valence electrons. The summed E-state index contributed by atoms with van der Waals surface area (Å²) in [5.74, 6) is -0.766. The normalized spacial score (nSPS) is 10.7. The molecular weight excluding hydrogens is 226 g/mol. The Kier molecular flexibility index (Phi) is 14.0. The minimum absolute atomic E-state index is 0.0950. The quantitative estimate of drug-likeness (QED) is 0.463. The van der Waals surface area contributed by atoms with Gasteiger partial charge in [0.05, 0.1) is 6.54 Å². The van der Waals surface area contributed by atoms with Gasteiger partial charge in [-0.2, -0.15) is 0 Å². The molecule has 0 bridgehead atoms. The maximum absolute atomic E-state index is 10.2. The van der Waals surface area contributed by atoms with Gasteiger partial charge < -0.3 is 10.4 Å². The van der Waals surface area contributed by atoms with Gasteiger partial charge in [0.15, 0.2) is 0 Å². The highest BCUT2D eigenvalue weighted by Gasteiger charge is 1.95. The number of carbonyl (C=O) groups is 1. The molecule has 0 aromatic rings. The molecule has 0 aliphatic rings. The number of carboxylic acid groups (broad SMARTS) is 1. The molecule has 0 atom stereocenters. The Morgan fingerprint density at radius 3 is 1.72 bits per heavy atom. The molecule has 0 radical (unpaired) electrons. The summed E-state index contributed by atoms with van der Waals surface area (Å²) in [6, 6.07) is 0. The van der Waals surface area contributed by atoms with Gasteiger partial charge in [0.2, 0.25) is 0 Å². The smallest absolute Gasteiger partial charge is 0.317 e. The van der Waals surface area contributed by atoms with Crippen LogP contribution < -0.4 is 5.32 Å². The molecule has 18 heavy (non-hydrogen) atoms. The van der Waals surface area contributed by atoms with E-state index in [1.807, 2.05) is 0 Å². The largest absolute Gasteiger partial charge is 0.480 e. The van der Waals surface area contributed by atoms with E-state index in [9.17, 15) is 4.79 Å². The van der Waals surface area contributed by atoms with E-state index in [0.717, 1.165) is 13.0 Å². The fraction of sp³-hybridized carbons (Fsp3) is 0.933. The van der Waals surface area contributed by atoms with Crippen LogP contribution in [0, 0.1) is 0 Å². The molecule has 0 saturated heterocycles. The molecule has 0 aromatic heterocycles. The highest BCUT2D eigenvalue weighted by molar-refractivity contribution is 5.68. The van der Waals surface area contributed by atoms with E-state index in [-0.39, 0.29) is 6.54 Å². The van der Waals surface area contributed by atoms with Crippen molar-refractivity contribution in [2.24, 2.45) is 0 Å². The summed E-state index contributed by atoms with van der Waals surface area (Å²) in [5.41, 5.74) is 0. The molecule has 0 spiro atoms. The third-order valence-corrected chi connectivity index (χ3v) is 3.23. The average Bonchev–Trinajstić information content (AvgIpc) is 2.34. The molecule has 0 aromatic carbocycles. The van der Waals surface area contributed by atoms with E-state index in [1.54, 1.807) is 0 Å². The molecule has 0 unspecified atom stereocenters. The Hall–Kier alpha value is -0.570. The fourth-order valence-corrected chi connectivity index (χ4v) is 2.11. The maximum Gasteiger partial charge on any atom is 0.317 e. The van der Waals surface area contributed by atoms with Crippen molar-refractivity contribution >= 4 is 5.97 Å². The van der Waals surface area contributed by atoms with Crippen molar-refractivity contribution in [3.05, 3.63) is 0 Å². The third-order valence-electron chi connectivity index (χ3n) is 3.23. The van der Waals surface area contributed by atoms with Crippen LogP contribution in [0.5, 0.6) is 0 Å². The Bertz CT molecular complexity index is 183. The average molecular weight is 257 g/mol. The number of unbranched alkanes of at least 4 members (excludes halogenated alkanes) is 10. The van der Waals surface area contributed by atoms with E-state index in [0.29, 0.717) is 0 Å². The van der Waals surface area contributed by atoms with Crippen LogP contribution >= 0.6 is 0 Å². The van der Waals surface area contributed by atoms with Crippen LogP contribution in [-0.2, 0) is 4.79 Å². The van der Waals surface area contributed by atoms with Gasteiger partial charge in [-0.25, -0.2) is 0 Å². The molecule has 0 amide bonds. The zero-order valence-electron chi connectivity index (χ0n) is 12.0. The van der Waals surface area contributed by atoms with E-state index >= 15 is 0 Å². The lowest BCUT2D eigenvalue weighted by Gasteiger charge is -2.03. The van der Waals surface area contributed by atoms with E-state index < -0.39 is 5.97 Å². The summed E-state index contributed by atoms with van der Waals surface area (Å²) in [4.78, 5) is 10.2. The van der Waals surface area contributed by atoms with E-state index in [4.69, 9.17) is 5.11 Å². The number of nitrogens with one attached hydrogen (secondary N) is 1. The topological polar surface area (TPSA) is 49.3 Å². The maximum atomic E-state index is 10.2. The summed E-state index contributed by atoms with van der Waals surface area (Å²) in [7, 11) is 0. The SMILES string of the molecule is CCCCCCCCCCCCCNCC(=O)O. The monoisotopic (exact) mass is 257 g/mol. The molecule has 0 rings (SSSR count). The van der Waals surface area contributed by atoms with E-state index in [2.05, 4.69) is 12.2 Å². The number of carboxylic acids is 1. The van der Waals surface area contributed by atoms with Gasteiger partial charge in [0.25, 0.3) is 0 Å². The highest BCUT2D eigenvalue weighted by atomic mass is 16.4. The number of hydrogen-bond acceptors (Lipinski definition) is 2. The lowest BCUT2D eigenvalue weighted by atomic mass is 10.1. The van der Waals surface area contributed by atoms with Crippen molar-refractivity contribution in [3.8, 4) is 0 Å². The molecule has 2 N–H and O–H groups in total. The Labute approximate surface area is 112 Å². The van der Waals surface area contributed by atoms with Gasteiger partial charge in [-0.1, -0.05) is 71.1 Å². The molecule has 0 aliphatic carbocycles. The lowest BCUT2D eigenvalue weighted by Crippen LogP contribution is -2.23. The number of hydrogen-bond donors (Lipinski definition) is 2. The number of aliphatic carboxylic acids is 1. The van der Waals surface area contributed by atoms with Crippen LogP contribution in [-0.4, -0.2) is 24.2 Å². The summed E-state index contributed by atoms with van der Waals surface area (Å²) in [6.45, 7) is 3.19. The van der Waals surface area contributed by atoms with Crippen LogP contribution in [0.2, 0.25) is 0 Å². The van der Waals surface area contributed by atoms with Crippen molar-refractivity contribution in [1.29, 1.82) is 0 Å². The summed E-state index contributed by atoms with van der Waals surface area (Å²) >= 11 is 0. The zero-order valence-corrected chi connectivity index (χ0v) is 12.0. The van der Waals surface area contributed by atoms with E-state index in [1.165, 1.54) is 64.2 Å². The molecule has 3 heteroatoms. The number of rotatable bonds is 14. The molecule has 0 fully saturated rings. The Balaban J connectivity index is 2.92. The van der Waals surface area contributed by atoms with Crippen molar-refractivity contribution in [1.82, 2.24) is 5.32 Å². The highest BCUT2D eigenvalue weighted by Crippen LogP contribution is 2.10. The molecular formula is C15H31NO2. The lowest BCUT2D eigenvalue weighted by molar-refractivity contribution is -0.135. The third kappa shape index (κ3) is 15.4. The Morgan fingerprint density at radius 1 is 0.833 bits per heavy atom. The first-order valence-electron chi connectivity index (χ1n) is 7.70. The van der Waals surface area contributed by atoms with Gasteiger partial charge in [0, 0.05) is 0 Å². The first-order valence-corrected chi connectivity index (χ1v) is 7.70. The standard InChI is InChI=1S/C15H31NO2/c1-2-3-4-5-6-7-8-9-10-11-12-13-16-14-15(17)18/h16H,2-14H2,1H3,(H,17,18). The zero-order chi connectivity index (χ0) is 13.5. The van der Waals surface area contributed by atoms with Gasteiger partial charge in [0.1, 0.15) is 0 Å². The minimum atomic E-state index is -0.766. The minimum Gasteiger partial charge on any atom is -0.480 e. The summed E-state index contributed by atoms with van der Waals surface area (Å²) in [5, 5.41) is 11.3. The predicted molar refractivity (Wildman–Crippen MR) is 77.0 cm³/mol. The summed E-state index contributed by atoms with van der Waals surface area (Å²) in [6.07, 6.45) is 14.7. The molecule has 0 aliphatic heterocycles. The van der Waals surface area contributed by atoms with Crippen molar-refractivity contribution in [2.75, 3.05) is 13.1 Å².